The minimum absolute atomic E-state index is 0.0436. The molecule has 7 nitrogen and oxygen atoms in total. The van der Waals surface area contributed by atoms with Crippen molar-refractivity contribution in [2.75, 3.05) is 24.6 Å². The molecule has 1 fully saturated rings. The van der Waals surface area contributed by atoms with E-state index < -0.39 is 0 Å². The highest BCUT2D eigenvalue weighted by Crippen LogP contribution is 2.22. The lowest BCUT2D eigenvalue weighted by atomic mass is 9.97. The highest BCUT2D eigenvalue weighted by Gasteiger charge is 2.26. The summed E-state index contributed by atoms with van der Waals surface area (Å²) in [6.07, 6.45) is 2.68. The normalized spacial score (nSPS) is 15.7. The van der Waals surface area contributed by atoms with Crippen LogP contribution in [0.5, 0.6) is 5.75 Å². The van der Waals surface area contributed by atoms with Gasteiger partial charge in [0.2, 0.25) is 5.91 Å². The number of aryl methyl sites for hydroxylation is 1. The second kappa shape index (κ2) is 11.0. The summed E-state index contributed by atoms with van der Waals surface area (Å²) >= 11 is 0. The van der Waals surface area contributed by atoms with Gasteiger partial charge in [-0.15, -0.1) is 5.10 Å². The second-order valence-electron chi connectivity index (χ2n) is 8.54. The molecule has 1 atom stereocenters. The first-order valence-electron chi connectivity index (χ1n) is 12.0. The van der Waals surface area contributed by atoms with Gasteiger partial charge in [-0.25, -0.2) is 0 Å². The number of ether oxygens (including phenoxy) is 1. The first kappa shape index (κ1) is 23.5. The molecule has 1 N–H and O–H groups in total. The standard InChI is InChI=1S/C27H32N4O3/c1-3-20-7-11-23(12-8-20)31-26(32)16-15-25(29-31)30-17-5-6-22(19-30)27(33)28-18-21-9-13-24(14-10-21)34-4-2/h7-16,22H,3-6,17-19H2,1-2H3,(H,28,33)/t22-/m1/s1. The van der Waals surface area contributed by atoms with Crippen LogP contribution in [0.25, 0.3) is 5.69 Å². The van der Waals surface area contributed by atoms with E-state index in [2.05, 4.69) is 22.2 Å². The van der Waals surface area contributed by atoms with Gasteiger partial charge in [0.25, 0.3) is 5.56 Å². The van der Waals surface area contributed by atoms with Crippen molar-refractivity contribution >= 4 is 11.7 Å². The number of rotatable bonds is 8. The average molecular weight is 461 g/mol. The number of benzene rings is 2. The van der Waals surface area contributed by atoms with Crippen molar-refractivity contribution in [2.45, 2.75) is 39.7 Å². The van der Waals surface area contributed by atoms with Gasteiger partial charge in [0.05, 0.1) is 18.2 Å². The molecule has 2 heterocycles. The lowest BCUT2D eigenvalue weighted by Crippen LogP contribution is -2.43. The summed E-state index contributed by atoms with van der Waals surface area (Å²) in [4.78, 5) is 27.4. The SMILES string of the molecule is CCOc1ccc(CNC(=O)[C@@H]2CCCN(c3ccc(=O)n(-c4ccc(CC)cc4)n3)C2)cc1. The summed E-state index contributed by atoms with van der Waals surface area (Å²) < 4.78 is 6.90. The van der Waals surface area contributed by atoms with Crippen molar-refractivity contribution in [3.05, 3.63) is 82.1 Å². The van der Waals surface area contributed by atoms with E-state index >= 15 is 0 Å². The molecule has 0 radical (unpaired) electrons. The molecule has 1 saturated heterocycles. The maximum atomic E-state index is 12.9. The highest BCUT2D eigenvalue weighted by molar-refractivity contribution is 5.79. The minimum atomic E-state index is -0.172. The lowest BCUT2D eigenvalue weighted by molar-refractivity contribution is -0.125. The van der Waals surface area contributed by atoms with Gasteiger partial charge in [-0.2, -0.15) is 4.68 Å². The van der Waals surface area contributed by atoms with Crippen LogP contribution in [0.3, 0.4) is 0 Å². The van der Waals surface area contributed by atoms with Crippen LogP contribution in [0.2, 0.25) is 0 Å². The molecule has 3 aromatic rings. The zero-order valence-electron chi connectivity index (χ0n) is 19.9. The van der Waals surface area contributed by atoms with Crippen LogP contribution in [-0.4, -0.2) is 35.4 Å². The third-order valence-electron chi connectivity index (χ3n) is 6.19. The molecule has 1 aromatic heterocycles. The molecule has 1 amide bonds. The van der Waals surface area contributed by atoms with Gasteiger partial charge in [-0.1, -0.05) is 31.2 Å². The Kier molecular flexibility index (Phi) is 7.62. The molecule has 7 heteroatoms. The van der Waals surface area contributed by atoms with E-state index in [9.17, 15) is 9.59 Å². The molecule has 0 spiro atoms. The fraction of sp³-hybridized carbons (Fsp3) is 0.370. The maximum Gasteiger partial charge on any atom is 0.271 e. The van der Waals surface area contributed by atoms with Crippen LogP contribution < -0.4 is 20.5 Å². The van der Waals surface area contributed by atoms with Gasteiger partial charge >= 0.3 is 0 Å². The van der Waals surface area contributed by atoms with E-state index in [0.717, 1.165) is 42.8 Å². The summed E-state index contributed by atoms with van der Waals surface area (Å²) in [6, 6.07) is 19.0. The number of amides is 1. The quantitative estimate of drug-likeness (QED) is 0.554. The first-order valence-corrected chi connectivity index (χ1v) is 12.0. The molecule has 178 valence electrons. The molecule has 0 aliphatic carbocycles. The summed E-state index contributed by atoms with van der Waals surface area (Å²) in [7, 11) is 0. The fourth-order valence-corrected chi connectivity index (χ4v) is 4.23. The third-order valence-corrected chi connectivity index (χ3v) is 6.19. The van der Waals surface area contributed by atoms with Crippen LogP contribution in [-0.2, 0) is 17.8 Å². The highest BCUT2D eigenvalue weighted by atomic mass is 16.5. The molecule has 4 rings (SSSR count). The smallest absolute Gasteiger partial charge is 0.271 e. The second-order valence-corrected chi connectivity index (χ2v) is 8.54. The van der Waals surface area contributed by atoms with Crippen molar-refractivity contribution in [2.24, 2.45) is 5.92 Å². The van der Waals surface area contributed by atoms with E-state index in [0.29, 0.717) is 25.5 Å². The lowest BCUT2D eigenvalue weighted by Gasteiger charge is -2.33. The summed E-state index contributed by atoms with van der Waals surface area (Å²) in [5, 5.41) is 7.69. The van der Waals surface area contributed by atoms with E-state index in [-0.39, 0.29) is 17.4 Å². The monoisotopic (exact) mass is 460 g/mol. The van der Waals surface area contributed by atoms with Crippen LogP contribution in [0.1, 0.15) is 37.8 Å². The van der Waals surface area contributed by atoms with Crippen molar-refractivity contribution < 1.29 is 9.53 Å². The van der Waals surface area contributed by atoms with Crippen LogP contribution in [0.15, 0.2) is 65.5 Å². The Morgan fingerprint density at radius 2 is 1.76 bits per heavy atom. The number of hydrogen-bond donors (Lipinski definition) is 1. The number of nitrogens with one attached hydrogen (secondary N) is 1. The summed E-state index contributed by atoms with van der Waals surface area (Å²) in [6.45, 7) is 6.55. The Balaban J connectivity index is 1.41. The van der Waals surface area contributed by atoms with E-state index in [1.807, 2.05) is 55.5 Å². The van der Waals surface area contributed by atoms with Crippen molar-refractivity contribution in [1.29, 1.82) is 0 Å². The number of aromatic nitrogens is 2. The van der Waals surface area contributed by atoms with Gasteiger partial charge in [-0.3, -0.25) is 9.59 Å². The van der Waals surface area contributed by atoms with E-state index in [1.54, 1.807) is 12.1 Å². The van der Waals surface area contributed by atoms with E-state index in [4.69, 9.17) is 4.74 Å². The predicted octanol–water partition coefficient (Wildman–Crippen LogP) is 3.73. The Labute approximate surface area is 200 Å². The predicted molar refractivity (Wildman–Crippen MR) is 134 cm³/mol. The molecule has 0 saturated carbocycles. The number of piperidine rings is 1. The number of hydrogen-bond acceptors (Lipinski definition) is 5. The molecule has 34 heavy (non-hydrogen) atoms. The first-order chi connectivity index (χ1) is 16.6. The molecule has 2 aromatic carbocycles. The molecular formula is C27H32N4O3. The van der Waals surface area contributed by atoms with Crippen molar-refractivity contribution in [3.63, 3.8) is 0 Å². The third kappa shape index (κ3) is 5.65. The topological polar surface area (TPSA) is 76.5 Å². The van der Waals surface area contributed by atoms with Gasteiger partial charge in [0.15, 0.2) is 0 Å². The van der Waals surface area contributed by atoms with Crippen molar-refractivity contribution in [1.82, 2.24) is 15.1 Å². The number of nitrogens with zero attached hydrogens (tertiary/aromatic N) is 3. The molecule has 1 aliphatic heterocycles. The maximum absolute atomic E-state index is 12.9. The number of carbonyl (C=O) groups excluding carboxylic acids is 1. The Morgan fingerprint density at radius 1 is 1.03 bits per heavy atom. The number of carbonyl (C=O) groups is 1. The Morgan fingerprint density at radius 3 is 2.47 bits per heavy atom. The summed E-state index contributed by atoms with van der Waals surface area (Å²) in [5.41, 5.74) is 2.82. The molecule has 1 aliphatic rings. The van der Waals surface area contributed by atoms with Crippen LogP contribution >= 0.6 is 0 Å². The van der Waals surface area contributed by atoms with E-state index in [1.165, 1.54) is 10.2 Å². The zero-order chi connectivity index (χ0) is 23.9. The average Bonchev–Trinajstić information content (AvgIpc) is 2.89. The fourth-order valence-electron chi connectivity index (χ4n) is 4.23. The Bertz CT molecular complexity index is 1160. The zero-order valence-corrected chi connectivity index (χ0v) is 19.9. The number of anilines is 1. The minimum Gasteiger partial charge on any atom is -0.494 e. The van der Waals surface area contributed by atoms with Crippen LogP contribution in [0, 0.1) is 5.92 Å². The van der Waals surface area contributed by atoms with Crippen LogP contribution in [0.4, 0.5) is 5.82 Å². The van der Waals surface area contributed by atoms with Crippen molar-refractivity contribution in [3.8, 4) is 11.4 Å². The van der Waals surface area contributed by atoms with Gasteiger partial charge in [0.1, 0.15) is 11.6 Å². The molecule has 0 unspecified atom stereocenters. The largest absolute Gasteiger partial charge is 0.494 e. The summed E-state index contributed by atoms with van der Waals surface area (Å²) in [5.74, 6) is 1.46. The molecular weight excluding hydrogens is 428 g/mol. The Hall–Kier alpha value is -3.61. The van der Waals surface area contributed by atoms with Gasteiger partial charge in [-0.05, 0) is 67.6 Å². The van der Waals surface area contributed by atoms with Gasteiger partial charge < -0.3 is 15.0 Å². The molecule has 0 bridgehead atoms. The van der Waals surface area contributed by atoms with Gasteiger partial charge in [0, 0.05) is 25.7 Å².